The first kappa shape index (κ1) is 14.6. The van der Waals surface area contributed by atoms with E-state index in [-0.39, 0.29) is 18.1 Å². The molecule has 0 aliphatic rings. The number of aromatic nitrogens is 1. The SMILES string of the molecule is Cc1ccc[n+](CC(=O)Nc2ccc(C)c([N+](=O)[O-])c2)c1. The Morgan fingerprint density at radius 1 is 1.33 bits per heavy atom. The van der Waals surface area contributed by atoms with E-state index in [2.05, 4.69) is 5.32 Å². The van der Waals surface area contributed by atoms with Gasteiger partial charge in [-0.15, -0.1) is 0 Å². The average molecular weight is 286 g/mol. The van der Waals surface area contributed by atoms with Crippen LogP contribution in [0.1, 0.15) is 11.1 Å². The third kappa shape index (κ3) is 3.85. The number of nitrogens with one attached hydrogen (secondary N) is 1. The number of carbonyl (C=O) groups excluding carboxylic acids is 1. The molecule has 0 saturated carbocycles. The second-order valence-electron chi connectivity index (χ2n) is 4.86. The predicted molar refractivity (Wildman–Crippen MR) is 77.8 cm³/mol. The molecule has 1 amide bonds. The number of rotatable bonds is 4. The van der Waals surface area contributed by atoms with Crippen LogP contribution < -0.4 is 9.88 Å². The summed E-state index contributed by atoms with van der Waals surface area (Å²) in [5.74, 6) is -0.233. The van der Waals surface area contributed by atoms with E-state index in [1.165, 1.54) is 6.07 Å². The molecule has 0 spiro atoms. The average Bonchev–Trinajstić information content (AvgIpc) is 2.40. The van der Waals surface area contributed by atoms with Crippen LogP contribution in [-0.2, 0) is 11.3 Å². The van der Waals surface area contributed by atoms with Gasteiger partial charge in [-0.25, -0.2) is 0 Å². The second kappa shape index (κ2) is 6.13. The van der Waals surface area contributed by atoms with Crippen LogP contribution in [0.3, 0.4) is 0 Å². The van der Waals surface area contributed by atoms with Gasteiger partial charge in [0.2, 0.25) is 6.54 Å². The van der Waals surface area contributed by atoms with Crippen molar-refractivity contribution >= 4 is 17.3 Å². The number of amides is 1. The van der Waals surface area contributed by atoms with Crippen molar-refractivity contribution < 1.29 is 14.3 Å². The molecule has 1 N–H and O–H groups in total. The normalized spacial score (nSPS) is 10.2. The first-order valence-electron chi connectivity index (χ1n) is 6.46. The molecule has 2 rings (SSSR count). The molecule has 0 atom stereocenters. The summed E-state index contributed by atoms with van der Waals surface area (Å²) in [6.45, 7) is 3.76. The van der Waals surface area contributed by atoms with Crippen molar-refractivity contribution in [3.63, 3.8) is 0 Å². The maximum Gasteiger partial charge on any atom is 0.290 e. The van der Waals surface area contributed by atoms with E-state index in [4.69, 9.17) is 0 Å². The smallest absolute Gasteiger partial charge is 0.290 e. The number of aryl methyl sites for hydroxylation is 2. The molecule has 1 heterocycles. The van der Waals surface area contributed by atoms with E-state index >= 15 is 0 Å². The lowest BCUT2D eigenvalue weighted by Crippen LogP contribution is -2.39. The van der Waals surface area contributed by atoms with Crippen LogP contribution in [0.15, 0.2) is 42.7 Å². The molecule has 21 heavy (non-hydrogen) atoms. The highest BCUT2D eigenvalue weighted by Crippen LogP contribution is 2.22. The summed E-state index contributed by atoms with van der Waals surface area (Å²) in [5, 5.41) is 13.5. The lowest BCUT2D eigenvalue weighted by molar-refractivity contribution is -0.684. The minimum Gasteiger partial charge on any atom is -0.320 e. The zero-order valence-electron chi connectivity index (χ0n) is 11.9. The standard InChI is InChI=1S/C15H15N3O3/c1-11-4-3-7-17(9-11)10-15(19)16-13-6-5-12(2)14(8-13)18(20)21/h3-9H,10H2,1-2H3/p+1. The van der Waals surface area contributed by atoms with Gasteiger partial charge in [0.1, 0.15) is 0 Å². The van der Waals surface area contributed by atoms with Crippen LogP contribution in [0.2, 0.25) is 0 Å². The van der Waals surface area contributed by atoms with Gasteiger partial charge in [-0.3, -0.25) is 14.9 Å². The summed E-state index contributed by atoms with van der Waals surface area (Å²) in [4.78, 5) is 22.4. The van der Waals surface area contributed by atoms with E-state index in [0.29, 0.717) is 11.3 Å². The van der Waals surface area contributed by atoms with E-state index in [9.17, 15) is 14.9 Å². The fourth-order valence-corrected chi connectivity index (χ4v) is 2.00. The second-order valence-corrected chi connectivity index (χ2v) is 4.86. The molecule has 0 aliphatic carbocycles. The molecule has 108 valence electrons. The lowest BCUT2D eigenvalue weighted by atomic mass is 10.2. The lowest BCUT2D eigenvalue weighted by Gasteiger charge is -2.04. The van der Waals surface area contributed by atoms with Crippen LogP contribution in [0.4, 0.5) is 11.4 Å². The third-order valence-electron chi connectivity index (χ3n) is 3.02. The molecule has 2 aromatic rings. The highest BCUT2D eigenvalue weighted by Gasteiger charge is 2.14. The monoisotopic (exact) mass is 286 g/mol. The molecule has 0 bridgehead atoms. The summed E-state index contributed by atoms with van der Waals surface area (Å²) >= 11 is 0. The topological polar surface area (TPSA) is 76.1 Å². The fourth-order valence-electron chi connectivity index (χ4n) is 2.00. The van der Waals surface area contributed by atoms with E-state index in [1.54, 1.807) is 29.8 Å². The minimum atomic E-state index is -0.458. The molecule has 0 fully saturated rings. The fraction of sp³-hybridized carbons (Fsp3) is 0.200. The number of pyridine rings is 1. The maximum atomic E-state index is 12.0. The van der Waals surface area contributed by atoms with Crippen molar-refractivity contribution in [1.82, 2.24) is 0 Å². The van der Waals surface area contributed by atoms with Crippen LogP contribution >= 0.6 is 0 Å². The van der Waals surface area contributed by atoms with Crippen molar-refractivity contribution in [2.75, 3.05) is 5.32 Å². The van der Waals surface area contributed by atoms with Crippen molar-refractivity contribution in [2.24, 2.45) is 0 Å². The summed E-state index contributed by atoms with van der Waals surface area (Å²) in [5.41, 5.74) is 2.03. The van der Waals surface area contributed by atoms with Crippen molar-refractivity contribution in [1.29, 1.82) is 0 Å². The van der Waals surface area contributed by atoms with Crippen LogP contribution in [-0.4, -0.2) is 10.8 Å². The summed E-state index contributed by atoms with van der Waals surface area (Å²) < 4.78 is 1.76. The Kier molecular flexibility index (Phi) is 4.27. The molecule has 0 saturated heterocycles. The van der Waals surface area contributed by atoms with E-state index in [0.717, 1.165) is 5.56 Å². The number of carbonyl (C=O) groups is 1. The molecule has 0 radical (unpaired) electrons. The Labute approximate surface area is 122 Å². The summed E-state index contributed by atoms with van der Waals surface area (Å²) in [7, 11) is 0. The highest BCUT2D eigenvalue weighted by molar-refractivity contribution is 5.90. The number of hydrogen-bond donors (Lipinski definition) is 1. The Bertz CT molecular complexity index is 698. The zero-order chi connectivity index (χ0) is 15.4. The molecule has 1 aromatic carbocycles. The van der Waals surface area contributed by atoms with Gasteiger partial charge in [0, 0.05) is 28.9 Å². The van der Waals surface area contributed by atoms with Gasteiger partial charge < -0.3 is 5.32 Å². The van der Waals surface area contributed by atoms with Gasteiger partial charge in [-0.2, -0.15) is 4.57 Å². The number of hydrogen-bond acceptors (Lipinski definition) is 3. The summed E-state index contributed by atoms with van der Waals surface area (Å²) in [6.07, 6.45) is 3.65. The van der Waals surface area contributed by atoms with Gasteiger partial charge in [0.05, 0.1) is 4.92 Å². The van der Waals surface area contributed by atoms with Gasteiger partial charge in [0.25, 0.3) is 11.6 Å². The Balaban J connectivity index is 2.09. The molecule has 6 heteroatoms. The highest BCUT2D eigenvalue weighted by atomic mass is 16.6. The van der Waals surface area contributed by atoms with Crippen molar-refractivity contribution in [3.05, 3.63) is 64.0 Å². The van der Waals surface area contributed by atoms with Crippen LogP contribution in [0.5, 0.6) is 0 Å². The van der Waals surface area contributed by atoms with Gasteiger partial charge in [-0.05, 0) is 26.0 Å². The molecule has 1 aromatic heterocycles. The van der Waals surface area contributed by atoms with E-state index in [1.807, 2.05) is 25.3 Å². The van der Waals surface area contributed by atoms with Crippen LogP contribution in [0.25, 0.3) is 0 Å². The molecule has 0 unspecified atom stereocenters. The first-order chi connectivity index (χ1) is 9.95. The zero-order valence-corrected chi connectivity index (χ0v) is 11.9. The molecule has 6 nitrogen and oxygen atoms in total. The predicted octanol–water partition coefficient (Wildman–Crippen LogP) is 2.14. The third-order valence-corrected chi connectivity index (χ3v) is 3.02. The Morgan fingerprint density at radius 3 is 2.76 bits per heavy atom. The van der Waals surface area contributed by atoms with Gasteiger partial charge in [0.15, 0.2) is 12.4 Å². The number of anilines is 1. The molecular weight excluding hydrogens is 270 g/mol. The number of nitro benzene ring substituents is 1. The van der Waals surface area contributed by atoms with Crippen molar-refractivity contribution in [2.45, 2.75) is 20.4 Å². The van der Waals surface area contributed by atoms with Crippen LogP contribution in [0, 0.1) is 24.0 Å². The number of nitro groups is 1. The number of nitrogens with zero attached hydrogens (tertiary/aromatic N) is 2. The Hall–Kier alpha value is -2.76. The quantitative estimate of drug-likeness (QED) is 0.531. The van der Waals surface area contributed by atoms with Gasteiger partial charge in [-0.1, -0.05) is 6.07 Å². The Morgan fingerprint density at radius 2 is 2.10 bits per heavy atom. The largest absolute Gasteiger partial charge is 0.320 e. The maximum absolute atomic E-state index is 12.0. The molecule has 0 aliphatic heterocycles. The minimum absolute atomic E-state index is 0.00370. The van der Waals surface area contributed by atoms with Gasteiger partial charge >= 0.3 is 0 Å². The first-order valence-corrected chi connectivity index (χ1v) is 6.46. The number of benzene rings is 1. The van der Waals surface area contributed by atoms with Crippen molar-refractivity contribution in [3.8, 4) is 0 Å². The van der Waals surface area contributed by atoms with E-state index < -0.39 is 4.92 Å². The summed E-state index contributed by atoms with van der Waals surface area (Å²) in [6, 6.07) is 8.44. The molecular formula is C15H16N3O3+.